The van der Waals surface area contributed by atoms with Gasteiger partial charge in [0.05, 0.1) is 5.69 Å². The van der Waals surface area contributed by atoms with Crippen molar-refractivity contribution in [3.63, 3.8) is 0 Å². The summed E-state index contributed by atoms with van der Waals surface area (Å²) in [7, 11) is 0. The number of hydrogen-bond donors (Lipinski definition) is 0. The summed E-state index contributed by atoms with van der Waals surface area (Å²) in [6, 6.07) is 23.4. The smallest absolute Gasteiger partial charge is 0.400 e. The maximum absolute atomic E-state index is 6.06. The van der Waals surface area contributed by atoms with Gasteiger partial charge < -0.3 is 8.83 Å². The van der Waals surface area contributed by atoms with Gasteiger partial charge in [-0.2, -0.15) is 4.99 Å². The van der Waals surface area contributed by atoms with Crippen molar-refractivity contribution in [2.45, 2.75) is 13.8 Å². The molecule has 0 spiro atoms. The normalized spacial score (nSPS) is 10.8. The Morgan fingerprint density at radius 1 is 0.667 bits per heavy atom. The Morgan fingerprint density at radius 2 is 1.15 bits per heavy atom. The van der Waals surface area contributed by atoms with Crippen molar-refractivity contribution in [2.75, 3.05) is 0 Å². The third-order valence-corrected chi connectivity index (χ3v) is 4.66. The number of nitrogens with zero attached hydrogens (tertiary/aromatic N) is 1. The predicted molar refractivity (Wildman–Crippen MR) is 108 cm³/mol. The van der Waals surface area contributed by atoms with Crippen LogP contribution in [0.4, 0.5) is 5.69 Å². The fourth-order valence-electron chi connectivity index (χ4n) is 2.96. The van der Waals surface area contributed by atoms with E-state index >= 15 is 0 Å². The Labute approximate surface area is 162 Å². The maximum Gasteiger partial charge on any atom is 0.400 e. The summed E-state index contributed by atoms with van der Waals surface area (Å²) in [5.74, 6) is 1.55. The van der Waals surface area contributed by atoms with Gasteiger partial charge in [0, 0.05) is 16.1 Å². The van der Waals surface area contributed by atoms with Gasteiger partial charge in [-0.05, 0) is 49.2 Å². The van der Waals surface area contributed by atoms with E-state index in [1.54, 1.807) is 12.1 Å². The molecule has 3 aromatic carbocycles. The molecule has 4 heteroatoms. The lowest BCUT2D eigenvalue weighted by Crippen LogP contribution is -1.92. The first-order valence-electron chi connectivity index (χ1n) is 8.68. The van der Waals surface area contributed by atoms with Crippen LogP contribution in [0.25, 0.3) is 22.6 Å². The second-order valence-electron chi connectivity index (χ2n) is 6.35. The highest BCUT2D eigenvalue weighted by Crippen LogP contribution is 2.35. The van der Waals surface area contributed by atoms with Crippen molar-refractivity contribution in [1.29, 1.82) is 0 Å². The minimum absolute atomic E-state index is 0.203. The van der Waals surface area contributed by atoms with Gasteiger partial charge in [0.1, 0.15) is 0 Å². The molecule has 0 amide bonds. The van der Waals surface area contributed by atoms with Crippen LogP contribution in [0.15, 0.2) is 86.6 Å². The molecule has 3 nitrogen and oxygen atoms in total. The molecule has 27 heavy (non-hydrogen) atoms. The van der Waals surface area contributed by atoms with Gasteiger partial charge in [0.25, 0.3) is 0 Å². The van der Waals surface area contributed by atoms with Crippen molar-refractivity contribution in [3.8, 4) is 22.6 Å². The van der Waals surface area contributed by atoms with Crippen molar-refractivity contribution in [2.24, 2.45) is 4.99 Å². The molecular weight excluding hydrogens is 358 g/mol. The predicted octanol–water partition coefficient (Wildman–Crippen LogP) is 6.71. The molecule has 134 valence electrons. The van der Waals surface area contributed by atoms with Crippen LogP contribution in [0, 0.1) is 13.8 Å². The molecule has 0 saturated heterocycles. The van der Waals surface area contributed by atoms with Crippen molar-refractivity contribution in [3.05, 3.63) is 94.7 Å². The molecular formula is C23H18ClNO2. The molecule has 0 bridgehead atoms. The second kappa shape index (κ2) is 7.29. The first-order valence-corrected chi connectivity index (χ1v) is 9.06. The number of halogens is 1. The lowest BCUT2D eigenvalue weighted by molar-refractivity contribution is 0.376. The summed E-state index contributed by atoms with van der Waals surface area (Å²) in [5.41, 5.74) is 4.89. The molecule has 0 aliphatic carbocycles. The van der Waals surface area contributed by atoms with E-state index < -0.39 is 0 Å². The van der Waals surface area contributed by atoms with E-state index in [0.717, 1.165) is 22.3 Å². The molecule has 0 radical (unpaired) electrons. The Balaban J connectivity index is 1.94. The fourth-order valence-corrected chi connectivity index (χ4v) is 3.09. The summed E-state index contributed by atoms with van der Waals surface area (Å²) in [5, 5.41) is 0.659. The number of benzene rings is 3. The highest BCUT2D eigenvalue weighted by Gasteiger charge is 2.19. The molecule has 0 aliphatic heterocycles. The first kappa shape index (κ1) is 17.4. The Kier molecular flexibility index (Phi) is 4.69. The van der Waals surface area contributed by atoms with Crippen LogP contribution in [-0.2, 0) is 0 Å². The molecule has 0 saturated carbocycles. The zero-order valence-electron chi connectivity index (χ0n) is 15.1. The molecule has 4 aromatic rings. The largest absolute Gasteiger partial charge is 0.406 e. The zero-order valence-corrected chi connectivity index (χ0v) is 15.8. The first-order chi connectivity index (χ1) is 13.1. The van der Waals surface area contributed by atoms with Gasteiger partial charge in [-0.25, -0.2) is 0 Å². The van der Waals surface area contributed by atoms with E-state index in [1.165, 1.54) is 0 Å². The van der Waals surface area contributed by atoms with E-state index in [9.17, 15) is 0 Å². The lowest BCUT2D eigenvalue weighted by atomic mass is 10.0. The van der Waals surface area contributed by atoms with Gasteiger partial charge in [0.2, 0.25) is 0 Å². The summed E-state index contributed by atoms with van der Waals surface area (Å²) in [4.78, 5) is 4.48. The summed E-state index contributed by atoms with van der Waals surface area (Å²) < 4.78 is 12.1. The van der Waals surface area contributed by atoms with E-state index in [-0.39, 0.29) is 5.75 Å². The van der Waals surface area contributed by atoms with Crippen molar-refractivity contribution >= 4 is 17.3 Å². The van der Waals surface area contributed by atoms with Gasteiger partial charge in [-0.1, -0.05) is 60.1 Å². The molecule has 0 fully saturated rings. The van der Waals surface area contributed by atoms with Crippen LogP contribution >= 0.6 is 11.6 Å². The fraction of sp³-hybridized carbons (Fsp3) is 0.0870. The second-order valence-corrected chi connectivity index (χ2v) is 6.78. The quantitative estimate of drug-likeness (QED) is 0.399. The Bertz CT molecular complexity index is 1090. The lowest BCUT2D eigenvalue weighted by Gasteiger charge is -2.05. The van der Waals surface area contributed by atoms with Crippen LogP contribution in [0.2, 0.25) is 5.02 Å². The van der Waals surface area contributed by atoms with Crippen LogP contribution in [-0.4, -0.2) is 0 Å². The number of aryl methyl sites for hydroxylation is 2. The van der Waals surface area contributed by atoms with Gasteiger partial charge in [-0.3, -0.25) is 0 Å². The van der Waals surface area contributed by atoms with Crippen LogP contribution in [0.3, 0.4) is 0 Å². The molecule has 0 atom stereocenters. The van der Waals surface area contributed by atoms with E-state index in [1.807, 2.05) is 48.5 Å². The molecule has 1 heterocycles. The van der Waals surface area contributed by atoms with E-state index in [2.05, 4.69) is 31.0 Å². The topological polar surface area (TPSA) is 38.6 Å². The van der Waals surface area contributed by atoms with Crippen LogP contribution < -0.4 is 5.75 Å². The minimum atomic E-state index is 0.203. The molecule has 4 rings (SSSR count). The Morgan fingerprint density at radius 3 is 1.63 bits per heavy atom. The zero-order chi connectivity index (χ0) is 18.8. The van der Waals surface area contributed by atoms with E-state index in [0.29, 0.717) is 22.2 Å². The summed E-state index contributed by atoms with van der Waals surface area (Å²) in [6.45, 7) is 4.10. The maximum atomic E-state index is 6.06. The number of rotatable bonds is 3. The third kappa shape index (κ3) is 3.60. The van der Waals surface area contributed by atoms with Crippen LogP contribution in [0.5, 0.6) is 0 Å². The molecule has 0 unspecified atom stereocenters. The van der Waals surface area contributed by atoms with Gasteiger partial charge >= 0.3 is 5.75 Å². The van der Waals surface area contributed by atoms with Crippen molar-refractivity contribution < 1.29 is 8.83 Å². The third-order valence-electron chi connectivity index (χ3n) is 4.41. The SMILES string of the molecule is Cc1ccccc1-c1oc(=Nc2ccc(Cl)cc2)oc1-c1ccccc1C. The van der Waals surface area contributed by atoms with Gasteiger partial charge in [-0.15, -0.1) is 0 Å². The highest BCUT2D eigenvalue weighted by atomic mass is 35.5. The van der Waals surface area contributed by atoms with Crippen molar-refractivity contribution in [1.82, 2.24) is 0 Å². The standard InChI is InChI=1S/C23H18ClNO2/c1-15-7-3-5-9-19(15)21-22(20-10-6-4-8-16(20)2)27-23(26-21)25-18-13-11-17(24)12-14-18/h3-14H,1-2H3. The molecule has 1 aromatic heterocycles. The van der Waals surface area contributed by atoms with Crippen LogP contribution in [0.1, 0.15) is 11.1 Å². The molecule has 0 N–H and O–H groups in total. The van der Waals surface area contributed by atoms with E-state index in [4.69, 9.17) is 20.4 Å². The summed E-state index contributed by atoms with van der Waals surface area (Å²) >= 11 is 5.95. The monoisotopic (exact) mass is 375 g/mol. The highest BCUT2D eigenvalue weighted by molar-refractivity contribution is 6.30. The Hall–Kier alpha value is -3.04. The number of hydrogen-bond acceptors (Lipinski definition) is 3. The van der Waals surface area contributed by atoms with Gasteiger partial charge in [0.15, 0.2) is 11.5 Å². The average Bonchev–Trinajstić information content (AvgIpc) is 3.08. The summed E-state index contributed by atoms with van der Waals surface area (Å²) in [6.07, 6.45) is 0. The average molecular weight is 376 g/mol. The molecule has 0 aliphatic rings. The minimum Gasteiger partial charge on any atom is -0.406 e.